The molecule has 3 N–H and O–H groups in total. The molecular weight excluding hydrogens is 592 g/mol. The van der Waals surface area contributed by atoms with Crippen LogP contribution in [0.25, 0.3) is 11.0 Å². The van der Waals surface area contributed by atoms with Crippen LogP contribution in [-0.2, 0) is 25.7 Å². The van der Waals surface area contributed by atoms with Gasteiger partial charge in [-0.25, -0.2) is 0 Å². The number of hydrogen-bond acceptors (Lipinski definition) is 10. The first-order chi connectivity index (χ1) is 22.2. The Labute approximate surface area is 263 Å². The molecule has 0 radical (unpaired) electrons. The van der Waals surface area contributed by atoms with Crippen LogP contribution in [0.15, 0.2) is 85.2 Å². The number of aryl methyl sites for hydroxylation is 4. The first-order valence-corrected chi connectivity index (χ1v) is 15.0. The van der Waals surface area contributed by atoms with E-state index in [9.17, 15) is 24.9 Å². The molecule has 4 atom stereocenters. The molecule has 0 unspecified atom stereocenters. The Morgan fingerprint density at radius 2 is 1.28 bits per heavy atom. The number of aliphatic hydroxyl groups is 2. The highest BCUT2D eigenvalue weighted by molar-refractivity contribution is 5.87. The van der Waals surface area contributed by atoms with Crippen LogP contribution in [0.4, 0.5) is 0 Å². The van der Waals surface area contributed by atoms with Crippen LogP contribution in [0, 0.1) is 0 Å². The number of ether oxygens (including phenoxy) is 3. The van der Waals surface area contributed by atoms with Crippen LogP contribution < -0.4 is 25.1 Å². The van der Waals surface area contributed by atoms with Crippen molar-refractivity contribution in [3.05, 3.63) is 127 Å². The number of hydrogen-bond donors (Lipinski definition) is 3. The molecule has 10 heteroatoms. The number of phenols is 1. The maximum atomic E-state index is 13.6. The van der Waals surface area contributed by atoms with Gasteiger partial charge in [0.05, 0.1) is 36.7 Å². The zero-order chi connectivity index (χ0) is 32.1. The summed E-state index contributed by atoms with van der Waals surface area (Å²) >= 11 is 0. The van der Waals surface area contributed by atoms with Crippen LogP contribution in [0.5, 0.6) is 23.0 Å². The minimum Gasteiger partial charge on any atom is -0.507 e. The predicted molar refractivity (Wildman–Crippen MR) is 167 cm³/mol. The second kappa shape index (κ2) is 11.7. The van der Waals surface area contributed by atoms with Gasteiger partial charge in [0.1, 0.15) is 40.6 Å². The van der Waals surface area contributed by atoms with Crippen molar-refractivity contribution in [2.24, 2.45) is 0 Å². The van der Waals surface area contributed by atoms with Crippen molar-refractivity contribution in [2.45, 2.75) is 49.9 Å². The topological polar surface area (TPSA) is 149 Å². The lowest BCUT2D eigenvalue weighted by Gasteiger charge is -2.43. The third-order valence-electron chi connectivity index (χ3n) is 8.88. The SMILES string of the molecule is COc1ccc(CCc2cc(=O)c3c(o2)[C@@H](O)[C@@H]2Oc4c(c(O)cc5c(=O)cc(CCc6ccc(OC)cc6)oc45)[C@H]3[C@@H]2O)cc1. The minimum atomic E-state index is -1.49. The molecule has 236 valence electrons. The fourth-order valence-corrected chi connectivity index (χ4v) is 6.47. The Bertz CT molecular complexity index is 2040. The van der Waals surface area contributed by atoms with E-state index in [2.05, 4.69) is 0 Å². The summed E-state index contributed by atoms with van der Waals surface area (Å²) in [7, 11) is 3.19. The number of methoxy groups -OCH3 is 2. The number of phenolic OH excluding ortho intramolecular Hbond substituents is 1. The maximum absolute atomic E-state index is 13.6. The summed E-state index contributed by atoms with van der Waals surface area (Å²) in [6, 6.07) is 19.1. The van der Waals surface area contributed by atoms with Crippen LogP contribution in [-0.4, -0.2) is 41.7 Å². The van der Waals surface area contributed by atoms with Gasteiger partial charge in [-0.05, 0) is 54.3 Å². The molecule has 10 nitrogen and oxygen atoms in total. The predicted octanol–water partition coefficient (Wildman–Crippen LogP) is 4.34. The van der Waals surface area contributed by atoms with Crippen LogP contribution in [0.3, 0.4) is 0 Å². The Balaban J connectivity index is 1.25. The van der Waals surface area contributed by atoms with Gasteiger partial charge in [-0.3, -0.25) is 9.59 Å². The fourth-order valence-electron chi connectivity index (χ4n) is 6.47. The van der Waals surface area contributed by atoms with Crippen molar-refractivity contribution in [3.63, 3.8) is 0 Å². The Hall–Kier alpha value is -5.06. The smallest absolute Gasteiger partial charge is 0.193 e. The maximum Gasteiger partial charge on any atom is 0.193 e. The van der Waals surface area contributed by atoms with Gasteiger partial charge in [-0.2, -0.15) is 0 Å². The molecule has 0 amide bonds. The van der Waals surface area contributed by atoms with Gasteiger partial charge in [0.25, 0.3) is 0 Å². The standard InChI is InChI=1S/C36H32O10/c1-42-20-9-3-18(4-10-20)7-13-22-15-25(37)24-17-27(39)29-30-28-26(38)16-23(14-8-19-5-11-21(43-2)12-6-19)45-34(28)32(41)36(31(30)40)46-35(29)33(24)44-22/h3-6,9-12,15-17,30-32,36,39-41H,7-8,13-14H2,1-2H3/t30-,31-,32+,36+/m0/s1. The zero-order valence-electron chi connectivity index (χ0n) is 25.2. The molecule has 1 aliphatic heterocycles. The number of rotatable bonds is 8. The molecule has 3 heterocycles. The summed E-state index contributed by atoms with van der Waals surface area (Å²) in [6.45, 7) is 0. The lowest BCUT2D eigenvalue weighted by Crippen LogP contribution is -2.50. The van der Waals surface area contributed by atoms with E-state index in [4.69, 9.17) is 23.0 Å². The lowest BCUT2D eigenvalue weighted by atomic mass is 9.74. The summed E-state index contributed by atoms with van der Waals surface area (Å²) in [5.74, 6) is 0.790. The molecular formula is C36H32O10. The van der Waals surface area contributed by atoms with Crippen molar-refractivity contribution >= 4 is 11.0 Å². The van der Waals surface area contributed by atoms with E-state index >= 15 is 0 Å². The lowest BCUT2D eigenvalue weighted by molar-refractivity contribution is -0.0826. The first kappa shape index (κ1) is 29.6. The van der Waals surface area contributed by atoms with E-state index < -0.39 is 29.7 Å². The van der Waals surface area contributed by atoms with Crippen molar-refractivity contribution < 1.29 is 38.4 Å². The van der Waals surface area contributed by atoms with Crippen molar-refractivity contribution in [2.75, 3.05) is 14.2 Å². The van der Waals surface area contributed by atoms with Gasteiger partial charge in [0.2, 0.25) is 0 Å². The third kappa shape index (κ3) is 5.09. The summed E-state index contributed by atoms with van der Waals surface area (Å²) in [6.07, 6.45) is -2.18. The largest absolute Gasteiger partial charge is 0.507 e. The zero-order valence-corrected chi connectivity index (χ0v) is 25.2. The second-order valence-electron chi connectivity index (χ2n) is 11.6. The Morgan fingerprint density at radius 1 is 0.717 bits per heavy atom. The van der Waals surface area contributed by atoms with Gasteiger partial charge < -0.3 is 38.4 Å². The third-order valence-corrected chi connectivity index (χ3v) is 8.88. The quantitative estimate of drug-likeness (QED) is 0.228. The summed E-state index contributed by atoms with van der Waals surface area (Å²) < 4.78 is 28.8. The minimum absolute atomic E-state index is 0.00591. The van der Waals surface area contributed by atoms with E-state index in [-0.39, 0.29) is 44.8 Å². The molecule has 2 aromatic heterocycles. The monoisotopic (exact) mass is 624 g/mol. The van der Waals surface area contributed by atoms with Gasteiger partial charge in [0.15, 0.2) is 34.4 Å². The van der Waals surface area contributed by atoms with E-state index in [1.165, 1.54) is 18.2 Å². The van der Waals surface area contributed by atoms with E-state index in [1.54, 1.807) is 14.2 Å². The molecule has 0 saturated heterocycles. The molecule has 1 aliphatic carbocycles. The molecule has 0 saturated carbocycles. The molecule has 7 rings (SSSR count). The highest BCUT2D eigenvalue weighted by Gasteiger charge is 2.52. The average Bonchev–Trinajstić information content (AvgIpc) is 3.06. The number of benzene rings is 3. The highest BCUT2D eigenvalue weighted by atomic mass is 16.5. The first-order valence-electron chi connectivity index (χ1n) is 15.0. The van der Waals surface area contributed by atoms with E-state index in [0.29, 0.717) is 37.2 Å². The van der Waals surface area contributed by atoms with Crippen molar-refractivity contribution in [1.29, 1.82) is 0 Å². The summed E-state index contributed by atoms with van der Waals surface area (Å²) in [5.41, 5.74) is 1.39. The second-order valence-corrected chi connectivity index (χ2v) is 11.6. The molecule has 0 fully saturated rings. The average molecular weight is 625 g/mol. The van der Waals surface area contributed by atoms with Gasteiger partial charge in [-0.1, -0.05) is 24.3 Å². The van der Waals surface area contributed by atoms with Gasteiger partial charge >= 0.3 is 0 Å². The van der Waals surface area contributed by atoms with Crippen LogP contribution >= 0.6 is 0 Å². The number of aliphatic hydroxyl groups excluding tert-OH is 2. The fraction of sp³-hybridized carbons (Fsp3) is 0.278. The summed E-state index contributed by atoms with van der Waals surface area (Å²) in [5, 5.41) is 33.9. The van der Waals surface area contributed by atoms with Crippen LogP contribution in [0.1, 0.15) is 51.6 Å². The molecule has 0 spiro atoms. The molecule has 2 bridgehead atoms. The molecule has 5 aromatic rings. The number of aromatic hydroxyl groups is 1. The molecule has 46 heavy (non-hydrogen) atoms. The Kier molecular flexibility index (Phi) is 7.54. The van der Waals surface area contributed by atoms with Gasteiger partial charge in [0, 0.05) is 25.0 Å². The molecule has 3 aromatic carbocycles. The Morgan fingerprint density at radius 3 is 1.87 bits per heavy atom. The van der Waals surface area contributed by atoms with Crippen molar-refractivity contribution in [1.82, 2.24) is 0 Å². The normalized spacial score (nSPS) is 19.7. The van der Waals surface area contributed by atoms with Crippen molar-refractivity contribution in [3.8, 4) is 23.0 Å². The van der Waals surface area contributed by atoms with Crippen LogP contribution in [0.2, 0.25) is 0 Å². The number of fused-ring (bicyclic) bond motifs is 8. The summed E-state index contributed by atoms with van der Waals surface area (Å²) in [4.78, 5) is 26.8. The molecule has 2 aliphatic rings. The van der Waals surface area contributed by atoms with Gasteiger partial charge in [-0.15, -0.1) is 0 Å². The highest BCUT2D eigenvalue weighted by Crippen LogP contribution is 2.53. The van der Waals surface area contributed by atoms with E-state index in [0.717, 1.165) is 22.6 Å². The van der Waals surface area contributed by atoms with E-state index in [1.807, 2.05) is 48.5 Å².